The summed E-state index contributed by atoms with van der Waals surface area (Å²) in [6.07, 6.45) is 5.87. The topological polar surface area (TPSA) is 63.9 Å². The molecule has 0 aromatic carbocycles. The van der Waals surface area contributed by atoms with Gasteiger partial charge in [-0.25, -0.2) is 14.6 Å². The van der Waals surface area contributed by atoms with Gasteiger partial charge in [0, 0.05) is 25.1 Å². The fourth-order valence-corrected chi connectivity index (χ4v) is 4.48. The zero-order valence-corrected chi connectivity index (χ0v) is 14.7. The van der Waals surface area contributed by atoms with Crippen LogP contribution in [0.3, 0.4) is 0 Å². The smallest absolute Gasteiger partial charge is 0.267 e. The van der Waals surface area contributed by atoms with Gasteiger partial charge in [-0.2, -0.15) is 5.10 Å². The van der Waals surface area contributed by atoms with Crippen molar-refractivity contribution in [1.82, 2.24) is 19.7 Å². The maximum atomic E-state index is 12.3. The van der Waals surface area contributed by atoms with Crippen LogP contribution in [0.1, 0.15) is 43.3 Å². The first-order chi connectivity index (χ1) is 12.3. The second-order valence-electron chi connectivity index (χ2n) is 6.87. The van der Waals surface area contributed by atoms with E-state index in [2.05, 4.69) is 25.3 Å². The fraction of sp³-hybridized carbons (Fsp3) is 0.444. The molecule has 5 rings (SSSR count). The van der Waals surface area contributed by atoms with E-state index in [9.17, 15) is 4.79 Å². The number of hydrogen-bond donors (Lipinski definition) is 0. The summed E-state index contributed by atoms with van der Waals surface area (Å²) in [4.78, 5) is 23.4. The van der Waals surface area contributed by atoms with Gasteiger partial charge in [-0.15, -0.1) is 11.3 Å². The van der Waals surface area contributed by atoms with Gasteiger partial charge in [0.2, 0.25) is 0 Å². The molecule has 1 saturated heterocycles. The van der Waals surface area contributed by atoms with E-state index in [1.807, 2.05) is 12.1 Å². The third kappa shape index (κ3) is 2.72. The van der Waals surface area contributed by atoms with Crippen LogP contribution in [0.5, 0.6) is 0 Å². The van der Waals surface area contributed by atoms with E-state index in [0.717, 1.165) is 47.7 Å². The van der Waals surface area contributed by atoms with E-state index in [4.69, 9.17) is 0 Å². The maximum Gasteiger partial charge on any atom is 0.267 e. The van der Waals surface area contributed by atoms with E-state index in [1.54, 1.807) is 28.4 Å². The summed E-state index contributed by atoms with van der Waals surface area (Å²) >= 11 is 1.69. The van der Waals surface area contributed by atoms with Gasteiger partial charge in [0.15, 0.2) is 0 Å². The molecule has 7 heteroatoms. The molecule has 4 heterocycles. The normalized spacial score (nSPS) is 18.8. The molecule has 0 amide bonds. The molecule has 3 aromatic rings. The van der Waals surface area contributed by atoms with Gasteiger partial charge in [0.25, 0.3) is 5.56 Å². The Morgan fingerprint density at radius 1 is 1.04 bits per heavy atom. The van der Waals surface area contributed by atoms with Crippen LogP contribution < -0.4 is 10.5 Å². The van der Waals surface area contributed by atoms with Gasteiger partial charge in [0.05, 0.1) is 22.0 Å². The minimum Gasteiger partial charge on any atom is -0.355 e. The average molecular weight is 353 g/mol. The monoisotopic (exact) mass is 353 g/mol. The Labute approximate surface area is 149 Å². The molecule has 0 bridgehead atoms. The summed E-state index contributed by atoms with van der Waals surface area (Å²) < 4.78 is 2.87. The maximum absolute atomic E-state index is 12.3. The van der Waals surface area contributed by atoms with Crippen LogP contribution in [0.4, 0.5) is 5.82 Å². The highest BCUT2D eigenvalue weighted by Crippen LogP contribution is 2.38. The molecule has 0 radical (unpaired) electrons. The first-order valence-corrected chi connectivity index (χ1v) is 9.70. The summed E-state index contributed by atoms with van der Waals surface area (Å²) in [6, 6.07) is 5.81. The summed E-state index contributed by atoms with van der Waals surface area (Å²) in [5.74, 6) is 1.59. The number of fused-ring (bicyclic) bond motifs is 1. The Bertz CT molecular complexity index is 969. The standard InChI is InChI=1S/C18H19N5OS/c24-16-4-3-14(12-1-2-12)21-23(16)13-5-8-22(9-6-13)18-17-15(7-10-25-17)19-11-20-18/h3-4,7,10-13H,1-2,5-6,8-9H2. The summed E-state index contributed by atoms with van der Waals surface area (Å²) in [5, 5.41) is 6.72. The Kier molecular flexibility index (Phi) is 3.55. The molecule has 0 spiro atoms. The second-order valence-corrected chi connectivity index (χ2v) is 7.78. The van der Waals surface area contributed by atoms with E-state index < -0.39 is 0 Å². The van der Waals surface area contributed by atoms with E-state index in [0.29, 0.717) is 5.92 Å². The number of thiophene rings is 1. The van der Waals surface area contributed by atoms with Gasteiger partial charge in [-0.05, 0) is 43.2 Å². The quantitative estimate of drug-likeness (QED) is 0.724. The van der Waals surface area contributed by atoms with Crippen molar-refractivity contribution in [1.29, 1.82) is 0 Å². The van der Waals surface area contributed by atoms with Gasteiger partial charge in [-0.3, -0.25) is 4.79 Å². The Morgan fingerprint density at radius 3 is 2.68 bits per heavy atom. The highest BCUT2D eigenvalue weighted by Gasteiger charge is 2.28. The van der Waals surface area contributed by atoms with Crippen LogP contribution in [0.25, 0.3) is 10.2 Å². The Balaban J connectivity index is 1.37. The van der Waals surface area contributed by atoms with Crippen LogP contribution in [0, 0.1) is 0 Å². The predicted octanol–water partition coefficient (Wildman–Crippen LogP) is 2.97. The van der Waals surface area contributed by atoms with Crippen LogP contribution in [0.15, 0.2) is 34.7 Å². The number of nitrogens with zero attached hydrogens (tertiary/aromatic N) is 5. The molecule has 0 unspecified atom stereocenters. The highest BCUT2D eigenvalue weighted by molar-refractivity contribution is 7.17. The molecule has 0 atom stereocenters. The van der Waals surface area contributed by atoms with Crippen LogP contribution in [-0.4, -0.2) is 32.8 Å². The Hall–Kier alpha value is -2.28. The van der Waals surface area contributed by atoms with E-state index in [1.165, 1.54) is 12.8 Å². The molecule has 6 nitrogen and oxygen atoms in total. The lowest BCUT2D eigenvalue weighted by Gasteiger charge is -2.33. The van der Waals surface area contributed by atoms with Crippen molar-refractivity contribution in [3.8, 4) is 0 Å². The number of rotatable bonds is 3. The Morgan fingerprint density at radius 2 is 1.88 bits per heavy atom. The average Bonchev–Trinajstić information content (AvgIpc) is 3.39. The molecule has 2 fully saturated rings. The van der Waals surface area contributed by atoms with Gasteiger partial charge >= 0.3 is 0 Å². The molecule has 3 aromatic heterocycles. The SMILES string of the molecule is O=c1ccc(C2CC2)nn1C1CCN(c2ncnc3ccsc23)CC1. The number of anilines is 1. The predicted molar refractivity (Wildman–Crippen MR) is 98.4 cm³/mol. The van der Waals surface area contributed by atoms with Crippen molar-refractivity contribution < 1.29 is 0 Å². The third-order valence-electron chi connectivity index (χ3n) is 5.18. The lowest BCUT2D eigenvalue weighted by molar-refractivity contribution is 0.349. The largest absolute Gasteiger partial charge is 0.355 e. The molecule has 2 aliphatic rings. The molecule has 1 saturated carbocycles. The highest BCUT2D eigenvalue weighted by atomic mass is 32.1. The molecule has 128 valence electrons. The first kappa shape index (κ1) is 15.0. The summed E-state index contributed by atoms with van der Waals surface area (Å²) in [6.45, 7) is 1.77. The molecule has 1 aliphatic heterocycles. The molecule has 0 N–H and O–H groups in total. The third-order valence-corrected chi connectivity index (χ3v) is 6.08. The second kappa shape index (κ2) is 5.91. The van der Waals surface area contributed by atoms with Crippen molar-refractivity contribution in [2.75, 3.05) is 18.0 Å². The molecular weight excluding hydrogens is 334 g/mol. The molecule has 1 aliphatic carbocycles. The summed E-state index contributed by atoms with van der Waals surface area (Å²) in [7, 11) is 0. The van der Waals surface area contributed by atoms with Gasteiger partial charge in [-0.1, -0.05) is 0 Å². The first-order valence-electron chi connectivity index (χ1n) is 8.82. The van der Waals surface area contributed by atoms with Crippen molar-refractivity contribution in [3.05, 3.63) is 46.0 Å². The van der Waals surface area contributed by atoms with Crippen molar-refractivity contribution in [2.45, 2.75) is 37.6 Å². The minimum atomic E-state index is 0.0190. The lowest BCUT2D eigenvalue weighted by Crippen LogP contribution is -2.39. The van der Waals surface area contributed by atoms with Gasteiger partial charge in [0.1, 0.15) is 12.1 Å². The summed E-state index contributed by atoms with van der Waals surface area (Å²) in [5.41, 5.74) is 2.11. The van der Waals surface area contributed by atoms with Crippen LogP contribution in [-0.2, 0) is 0 Å². The molecule has 25 heavy (non-hydrogen) atoms. The number of aromatic nitrogens is 4. The van der Waals surface area contributed by atoms with Crippen molar-refractivity contribution in [2.24, 2.45) is 0 Å². The lowest BCUT2D eigenvalue weighted by atomic mass is 10.1. The minimum absolute atomic E-state index is 0.0190. The van der Waals surface area contributed by atoms with Gasteiger partial charge < -0.3 is 4.90 Å². The van der Waals surface area contributed by atoms with Crippen LogP contribution >= 0.6 is 11.3 Å². The van der Waals surface area contributed by atoms with Crippen molar-refractivity contribution in [3.63, 3.8) is 0 Å². The number of piperidine rings is 1. The van der Waals surface area contributed by atoms with E-state index >= 15 is 0 Å². The molecular formula is C18H19N5OS. The van der Waals surface area contributed by atoms with Crippen LogP contribution in [0.2, 0.25) is 0 Å². The fourth-order valence-electron chi connectivity index (χ4n) is 3.62. The van der Waals surface area contributed by atoms with E-state index in [-0.39, 0.29) is 11.6 Å². The number of hydrogen-bond acceptors (Lipinski definition) is 6. The zero-order chi connectivity index (χ0) is 16.8. The zero-order valence-electron chi connectivity index (χ0n) is 13.8. The van der Waals surface area contributed by atoms with Crippen molar-refractivity contribution >= 4 is 27.4 Å².